The Bertz CT molecular complexity index is 263. The summed E-state index contributed by atoms with van der Waals surface area (Å²) in [5, 5.41) is 17.7. The number of carboxylic acids is 2. The molecule has 0 heterocycles. The molecule has 0 bridgehead atoms. The molecular formula is C10H16O4. The second-order valence-corrected chi connectivity index (χ2v) is 3.41. The van der Waals surface area contributed by atoms with Crippen LogP contribution in [0, 0.1) is 5.92 Å². The zero-order chi connectivity index (χ0) is 11.3. The molecule has 0 saturated carbocycles. The summed E-state index contributed by atoms with van der Waals surface area (Å²) in [6.07, 6.45) is 0.931. The minimum Gasteiger partial charge on any atom is -0.478 e. The van der Waals surface area contributed by atoms with E-state index in [1.807, 2.05) is 6.92 Å². The number of hydrogen-bond donors (Lipinski definition) is 2. The van der Waals surface area contributed by atoms with Gasteiger partial charge in [0, 0.05) is 11.1 Å². The lowest BCUT2D eigenvalue weighted by Crippen LogP contribution is -2.15. The summed E-state index contributed by atoms with van der Waals surface area (Å²) in [5.74, 6) is -2.53. The summed E-state index contributed by atoms with van der Waals surface area (Å²) < 4.78 is 0. The van der Waals surface area contributed by atoms with Crippen LogP contribution in [0.25, 0.3) is 0 Å². The molecule has 0 aromatic rings. The van der Waals surface area contributed by atoms with Crippen molar-refractivity contribution in [2.75, 3.05) is 0 Å². The zero-order valence-corrected chi connectivity index (χ0v) is 8.70. The lowest BCUT2D eigenvalue weighted by atomic mass is 9.94. The second-order valence-electron chi connectivity index (χ2n) is 3.41. The van der Waals surface area contributed by atoms with Gasteiger partial charge in [-0.15, -0.1) is 0 Å². The van der Waals surface area contributed by atoms with Crippen LogP contribution in [0.4, 0.5) is 0 Å². The van der Waals surface area contributed by atoms with Gasteiger partial charge in [-0.1, -0.05) is 27.2 Å². The van der Waals surface area contributed by atoms with Crippen LogP contribution in [0.5, 0.6) is 0 Å². The van der Waals surface area contributed by atoms with E-state index in [9.17, 15) is 9.59 Å². The first-order chi connectivity index (χ1) is 6.41. The highest BCUT2D eigenvalue weighted by Gasteiger charge is 2.21. The van der Waals surface area contributed by atoms with Gasteiger partial charge in [-0.05, 0) is 12.3 Å². The lowest BCUT2D eigenvalue weighted by Gasteiger charge is -2.10. The Morgan fingerprint density at radius 1 is 1.14 bits per heavy atom. The predicted molar refractivity (Wildman–Crippen MR) is 52.0 cm³/mol. The van der Waals surface area contributed by atoms with Gasteiger partial charge in [0.15, 0.2) is 0 Å². The minimum atomic E-state index is -1.13. The van der Waals surface area contributed by atoms with Gasteiger partial charge in [0.25, 0.3) is 0 Å². The number of carbonyl (C=O) groups is 2. The van der Waals surface area contributed by atoms with E-state index in [1.165, 1.54) is 0 Å². The number of hydrogen-bond acceptors (Lipinski definition) is 2. The smallest absolute Gasteiger partial charge is 0.332 e. The van der Waals surface area contributed by atoms with Crippen LogP contribution in [-0.2, 0) is 9.59 Å². The maximum atomic E-state index is 10.8. The molecule has 0 spiro atoms. The van der Waals surface area contributed by atoms with Crippen LogP contribution >= 0.6 is 0 Å². The molecule has 0 amide bonds. The van der Waals surface area contributed by atoms with Crippen molar-refractivity contribution in [3.63, 3.8) is 0 Å². The maximum Gasteiger partial charge on any atom is 0.332 e. The Balaban J connectivity index is 5.26. The summed E-state index contributed by atoms with van der Waals surface area (Å²) >= 11 is 0. The van der Waals surface area contributed by atoms with Gasteiger partial charge in [0.2, 0.25) is 0 Å². The molecule has 0 aliphatic rings. The van der Waals surface area contributed by atoms with Gasteiger partial charge >= 0.3 is 11.9 Å². The third-order valence-electron chi connectivity index (χ3n) is 1.89. The molecule has 0 saturated heterocycles. The van der Waals surface area contributed by atoms with Gasteiger partial charge < -0.3 is 10.2 Å². The normalized spacial score (nSPS) is 12.6. The predicted octanol–water partition coefficient (Wildman–Crippen LogP) is 1.91. The van der Waals surface area contributed by atoms with Crippen LogP contribution in [0.1, 0.15) is 33.6 Å². The molecule has 0 aromatic carbocycles. The number of carboxylic acid groups (broad SMARTS) is 2. The van der Waals surface area contributed by atoms with E-state index in [0.717, 1.165) is 0 Å². The summed E-state index contributed by atoms with van der Waals surface area (Å²) in [6, 6.07) is 0. The van der Waals surface area contributed by atoms with Crippen molar-refractivity contribution in [3.8, 4) is 0 Å². The minimum absolute atomic E-state index is 0.0133. The van der Waals surface area contributed by atoms with E-state index in [1.54, 1.807) is 13.8 Å². The highest BCUT2D eigenvalue weighted by Crippen LogP contribution is 2.19. The molecule has 0 unspecified atom stereocenters. The van der Waals surface area contributed by atoms with Gasteiger partial charge in [0.1, 0.15) is 0 Å². The fraction of sp³-hybridized carbons (Fsp3) is 0.600. The Kier molecular flexibility index (Phi) is 4.91. The van der Waals surface area contributed by atoms with Crippen LogP contribution < -0.4 is 0 Å². The van der Waals surface area contributed by atoms with E-state index in [4.69, 9.17) is 10.2 Å². The van der Waals surface area contributed by atoms with Crippen molar-refractivity contribution >= 4 is 11.9 Å². The van der Waals surface area contributed by atoms with E-state index in [2.05, 4.69) is 0 Å². The quantitative estimate of drug-likeness (QED) is 0.665. The highest BCUT2D eigenvalue weighted by molar-refractivity contribution is 5.99. The molecule has 4 nitrogen and oxygen atoms in total. The van der Waals surface area contributed by atoms with Crippen molar-refractivity contribution in [1.82, 2.24) is 0 Å². The first-order valence-corrected chi connectivity index (χ1v) is 4.61. The van der Waals surface area contributed by atoms with Crippen LogP contribution in [-0.4, -0.2) is 22.2 Å². The fourth-order valence-corrected chi connectivity index (χ4v) is 1.33. The Labute approximate surface area is 83.2 Å². The first kappa shape index (κ1) is 12.7. The third kappa shape index (κ3) is 3.20. The van der Waals surface area contributed by atoms with Crippen LogP contribution in [0.3, 0.4) is 0 Å². The average molecular weight is 200 g/mol. The van der Waals surface area contributed by atoms with E-state index >= 15 is 0 Å². The Morgan fingerprint density at radius 2 is 1.64 bits per heavy atom. The molecule has 80 valence electrons. The van der Waals surface area contributed by atoms with Crippen molar-refractivity contribution in [3.05, 3.63) is 11.1 Å². The first-order valence-electron chi connectivity index (χ1n) is 4.61. The molecule has 0 aliphatic heterocycles. The van der Waals surface area contributed by atoms with Crippen molar-refractivity contribution < 1.29 is 19.8 Å². The summed E-state index contributed by atoms with van der Waals surface area (Å²) in [6.45, 7) is 5.19. The topological polar surface area (TPSA) is 74.6 Å². The van der Waals surface area contributed by atoms with E-state index in [-0.39, 0.29) is 17.1 Å². The van der Waals surface area contributed by atoms with Gasteiger partial charge in [-0.3, -0.25) is 0 Å². The van der Waals surface area contributed by atoms with Crippen LogP contribution in [0.15, 0.2) is 11.1 Å². The molecule has 0 atom stereocenters. The largest absolute Gasteiger partial charge is 0.478 e. The molecular weight excluding hydrogens is 184 g/mol. The third-order valence-corrected chi connectivity index (χ3v) is 1.89. The molecule has 14 heavy (non-hydrogen) atoms. The Hall–Kier alpha value is -1.32. The zero-order valence-electron chi connectivity index (χ0n) is 8.70. The van der Waals surface area contributed by atoms with Crippen molar-refractivity contribution in [2.45, 2.75) is 33.6 Å². The van der Waals surface area contributed by atoms with Gasteiger partial charge in [-0.25, -0.2) is 9.59 Å². The standard InChI is InChI=1S/C10H16O4/c1-4-5-7(9(11)12)8(6(2)3)10(13)14/h6H,4-5H2,1-3H3,(H,11,12)(H,13,14). The average Bonchev–Trinajstić information content (AvgIpc) is 2.01. The lowest BCUT2D eigenvalue weighted by molar-refractivity contribution is -0.136. The monoisotopic (exact) mass is 200 g/mol. The van der Waals surface area contributed by atoms with Gasteiger partial charge in [-0.2, -0.15) is 0 Å². The highest BCUT2D eigenvalue weighted by atomic mass is 16.4. The van der Waals surface area contributed by atoms with Crippen LogP contribution in [0.2, 0.25) is 0 Å². The number of aliphatic carboxylic acids is 2. The van der Waals surface area contributed by atoms with Gasteiger partial charge in [0.05, 0.1) is 0 Å². The van der Waals surface area contributed by atoms with E-state index in [0.29, 0.717) is 12.8 Å². The Morgan fingerprint density at radius 3 is 1.86 bits per heavy atom. The SMILES string of the molecule is CCCC(C(=O)O)=C(C(=O)O)C(C)C. The maximum absolute atomic E-state index is 10.8. The molecule has 0 aromatic heterocycles. The van der Waals surface area contributed by atoms with Crippen molar-refractivity contribution in [1.29, 1.82) is 0 Å². The molecule has 2 N–H and O–H groups in total. The molecule has 0 rings (SSSR count). The molecule has 0 radical (unpaired) electrons. The van der Waals surface area contributed by atoms with Crippen molar-refractivity contribution in [2.24, 2.45) is 5.92 Å². The molecule has 0 fully saturated rings. The van der Waals surface area contributed by atoms with E-state index < -0.39 is 11.9 Å². The molecule has 4 heteroatoms. The number of rotatable bonds is 5. The molecule has 0 aliphatic carbocycles. The summed E-state index contributed by atoms with van der Waals surface area (Å²) in [7, 11) is 0. The summed E-state index contributed by atoms with van der Waals surface area (Å²) in [4.78, 5) is 21.7. The summed E-state index contributed by atoms with van der Waals surface area (Å²) in [5.41, 5.74) is 0.0364. The second kappa shape index (κ2) is 5.42. The fourth-order valence-electron chi connectivity index (χ4n) is 1.33.